The fraction of sp³-hybridized carbons (Fsp3) is 0.300. The van der Waals surface area contributed by atoms with Gasteiger partial charge in [-0.15, -0.1) is 0 Å². The second kappa shape index (κ2) is 8.12. The first-order valence-corrected chi connectivity index (χ1v) is 10.4. The molecular weight excluding hydrogens is 394 g/mol. The number of sulfonamides is 1. The number of anilines is 1. The van der Waals surface area contributed by atoms with Gasteiger partial charge in [0.25, 0.3) is 15.9 Å². The molecule has 0 spiro atoms. The highest BCUT2D eigenvalue weighted by atomic mass is 32.2. The van der Waals surface area contributed by atoms with Gasteiger partial charge in [0, 0.05) is 23.2 Å². The molecule has 8 nitrogen and oxygen atoms in total. The maximum absolute atomic E-state index is 12.9. The first-order valence-electron chi connectivity index (χ1n) is 8.94. The fourth-order valence-corrected chi connectivity index (χ4v) is 4.03. The van der Waals surface area contributed by atoms with Gasteiger partial charge in [0.2, 0.25) is 0 Å². The number of nitrogens with one attached hydrogen (secondary N) is 1. The molecule has 1 heterocycles. The average Bonchev–Trinajstić information content (AvgIpc) is 3.18. The zero-order valence-corrected chi connectivity index (χ0v) is 17.7. The van der Waals surface area contributed by atoms with E-state index in [1.165, 1.54) is 20.3 Å². The van der Waals surface area contributed by atoms with Crippen LogP contribution in [0, 0.1) is 6.92 Å². The molecule has 2 aromatic carbocycles. The van der Waals surface area contributed by atoms with E-state index >= 15 is 0 Å². The molecule has 154 valence electrons. The summed E-state index contributed by atoms with van der Waals surface area (Å²) in [6.45, 7) is 5.65. The van der Waals surface area contributed by atoms with Gasteiger partial charge in [-0.3, -0.25) is 4.72 Å². The Labute approximate surface area is 169 Å². The summed E-state index contributed by atoms with van der Waals surface area (Å²) in [5.74, 6) is 1.97. The molecule has 3 rings (SSSR count). The lowest BCUT2D eigenvalue weighted by Gasteiger charge is -2.14. The maximum atomic E-state index is 12.9. The summed E-state index contributed by atoms with van der Waals surface area (Å²) in [4.78, 5) is 4.45. The van der Waals surface area contributed by atoms with Gasteiger partial charge in [0.05, 0.1) is 19.1 Å². The predicted molar refractivity (Wildman–Crippen MR) is 109 cm³/mol. The number of ether oxygens (including phenoxy) is 2. The van der Waals surface area contributed by atoms with Gasteiger partial charge in [-0.1, -0.05) is 19.0 Å². The first kappa shape index (κ1) is 20.7. The topological polar surface area (TPSA) is 104 Å². The summed E-state index contributed by atoms with van der Waals surface area (Å²) in [6.07, 6.45) is 0. The highest BCUT2D eigenvalue weighted by Crippen LogP contribution is 2.33. The van der Waals surface area contributed by atoms with Gasteiger partial charge >= 0.3 is 0 Å². The van der Waals surface area contributed by atoms with Crippen molar-refractivity contribution in [1.29, 1.82) is 0 Å². The van der Waals surface area contributed by atoms with Crippen molar-refractivity contribution in [2.24, 2.45) is 0 Å². The summed E-state index contributed by atoms with van der Waals surface area (Å²) < 4.78 is 44.0. The third-order valence-electron chi connectivity index (χ3n) is 4.31. The molecule has 0 aliphatic rings. The van der Waals surface area contributed by atoms with Crippen molar-refractivity contribution in [3.63, 3.8) is 0 Å². The normalized spacial score (nSPS) is 11.5. The van der Waals surface area contributed by atoms with Gasteiger partial charge in [0.15, 0.2) is 17.3 Å². The quantitative estimate of drug-likeness (QED) is 0.620. The number of methoxy groups -OCH3 is 2. The minimum atomic E-state index is -3.82. The second-order valence-corrected chi connectivity index (χ2v) is 8.42. The van der Waals surface area contributed by atoms with Crippen LogP contribution in [-0.4, -0.2) is 32.8 Å². The molecule has 0 atom stereocenters. The van der Waals surface area contributed by atoms with Gasteiger partial charge in [-0.05, 0) is 42.8 Å². The van der Waals surface area contributed by atoms with Crippen molar-refractivity contribution in [2.45, 2.75) is 31.6 Å². The minimum absolute atomic E-state index is 0.109. The van der Waals surface area contributed by atoms with Crippen molar-refractivity contribution in [3.05, 3.63) is 47.8 Å². The molecule has 0 unspecified atom stereocenters. The number of nitrogens with zero attached hydrogens (tertiary/aromatic N) is 2. The predicted octanol–water partition coefficient (Wildman–Crippen LogP) is 3.99. The lowest BCUT2D eigenvalue weighted by Crippen LogP contribution is -2.14. The van der Waals surface area contributed by atoms with Crippen LogP contribution in [0.3, 0.4) is 0 Å². The monoisotopic (exact) mass is 417 g/mol. The second-order valence-electron chi connectivity index (χ2n) is 6.77. The lowest BCUT2D eigenvalue weighted by atomic mass is 10.2. The zero-order chi connectivity index (χ0) is 21.2. The molecule has 0 aliphatic carbocycles. The Morgan fingerprint density at radius 1 is 1.03 bits per heavy atom. The van der Waals surface area contributed by atoms with Gasteiger partial charge in [-0.25, -0.2) is 8.42 Å². The Hall–Kier alpha value is -3.07. The van der Waals surface area contributed by atoms with Crippen LogP contribution in [0.4, 0.5) is 5.69 Å². The summed E-state index contributed by atoms with van der Waals surface area (Å²) in [7, 11) is -0.868. The van der Waals surface area contributed by atoms with E-state index in [4.69, 9.17) is 14.0 Å². The molecule has 1 N–H and O–H groups in total. The van der Waals surface area contributed by atoms with Crippen LogP contribution < -0.4 is 14.2 Å². The van der Waals surface area contributed by atoms with E-state index in [0.29, 0.717) is 40.0 Å². The molecule has 29 heavy (non-hydrogen) atoms. The van der Waals surface area contributed by atoms with Crippen LogP contribution in [0.2, 0.25) is 0 Å². The van der Waals surface area contributed by atoms with Crippen molar-refractivity contribution >= 4 is 15.7 Å². The van der Waals surface area contributed by atoms with E-state index in [1.807, 2.05) is 13.8 Å². The summed E-state index contributed by atoms with van der Waals surface area (Å²) in [5.41, 5.74) is 1.65. The number of hydrogen-bond acceptors (Lipinski definition) is 7. The standard InChI is InChI=1S/C20H23N3O5S/c1-12(2)19-21-20(28-22-19)14-6-8-15(9-7-14)23-29(24,25)18-11-17(27-5)16(26-4)10-13(18)3/h6-12,23H,1-5H3. The zero-order valence-electron chi connectivity index (χ0n) is 16.9. The first-order chi connectivity index (χ1) is 13.7. The molecule has 0 bridgehead atoms. The fourth-order valence-electron chi connectivity index (χ4n) is 2.73. The van der Waals surface area contributed by atoms with E-state index in [1.54, 1.807) is 37.3 Å². The van der Waals surface area contributed by atoms with E-state index in [2.05, 4.69) is 14.9 Å². The molecule has 9 heteroatoms. The van der Waals surface area contributed by atoms with Crippen LogP contribution in [-0.2, 0) is 10.0 Å². The van der Waals surface area contributed by atoms with Crippen LogP contribution in [0.5, 0.6) is 11.5 Å². The van der Waals surface area contributed by atoms with E-state index in [-0.39, 0.29) is 10.8 Å². The number of rotatable bonds is 7. The Morgan fingerprint density at radius 2 is 1.66 bits per heavy atom. The molecule has 1 aromatic heterocycles. The molecule has 0 aliphatic heterocycles. The van der Waals surface area contributed by atoms with Gasteiger partial charge < -0.3 is 14.0 Å². The highest BCUT2D eigenvalue weighted by molar-refractivity contribution is 7.92. The Morgan fingerprint density at radius 3 is 2.21 bits per heavy atom. The third-order valence-corrected chi connectivity index (χ3v) is 5.84. The van der Waals surface area contributed by atoms with Crippen molar-refractivity contribution in [1.82, 2.24) is 10.1 Å². The number of benzene rings is 2. The number of aryl methyl sites for hydroxylation is 1. The largest absolute Gasteiger partial charge is 0.493 e. The van der Waals surface area contributed by atoms with Crippen molar-refractivity contribution in [3.8, 4) is 23.0 Å². The highest BCUT2D eigenvalue weighted by Gasteiger charge is 2.21. The summed E-state index contributed by atoms with van der Waals surface area (Å²) in [6, 6.07) is 9.79. The van der Waals surface area contributed by atoms with Gasteiger partial charge in [0.1, 0.15) is 0 Å². The molecule has 3 aromatic rings. The number of hydrogen-bond donors (Lipinski definition) is 1. The van der Waals surface area contributed by atoms with Crippen LogP contribution >= 0.6 is 0 Å². The molecule has 0 amide bonds. The smallest absolute Gasteiger partial charge is 0.262 e. The molecule has 0 saturated heterocycles. The average molecular weight is 417 g/mol. The van der Waals surface area contributed by atoms with Crippen LogP contribution in [0.15, 0.2) is 45.8 Å². The molecule has 0 radical (unpaired) electrons. The molecule has 0 fully saturated rings. The van der Waals surface area contributed by atoms with E-state index in [0.717, 1.165) is 0 Å². The van der Waals surface area contributed by atoms with Crippen LogP contribution in [0.25, 0.3) is 11.5 Å². The van der Waals surface area contributed by atoms with Crippen molar-refractivity contribution < 1.29 is 22.4 Å². The van der Waals surface area contributed by atoms with E-state index < -0.39 is 10.0 Å². The Kier molecular flexibility index (Phi) is 5.78. The minimum Gasteiger partial charge on any atom is -0.493 e. The molecule has 0 saturated carbocycles. The maximum Gasteiger partial charge on any atom is 0.262 e. The Balaban J connectivity index is 1.85. The van der Waals surface area contributed by atoms with E-state index in [9.17, 15) is 8.42 Å². The van der Waals surface area contributed by atoms with Gasteiger partial charge in [-0.2, -0.15) is 4.98 Å². The molecular formula is C20H23N3O5S. The lowest BCUT2D eigenvalue weighted by molar-refractivity contribution is 0.353. The SMILES string of the molecule is COc1cc(C)c(S(=O)(=O)Nc2ccc(-c3nc(C(C)C)no3)cc2)cc1OC. The Bertz CT molecular complexity index is 1110. The van der Waals surface area contributed by atoms with Crippen molar-refractivity contribution in [2.75, 3.05) is 18.9 Å². The van der Waals surface area contributed by atoms with Crippen LogP contribution in [0.1, 0.15) is 31.2 Å². The summed E-state index contributed by atoms with van der Waals surface area (Å²) in [5, 5.41) is 3.93. The summed E-state index contributed by atoms with van der Waals surface area (Å²) >= 11 is 0. The number of aromatic nitrogens is 2. The third kappa shape index (κ3) is 4.34.